The zero-order valence-electron chi connectivity index (χ0n) is 9.55. The highest BCUT2D eigenvalue weighted by Gasteiger charge is 2.60. The van der Waals surface area contributed by atoms with Crippen molar-refractivity contribution in [3.63, 3.8) is 0 Å². The Morgan fingerprint density at radius 1 is 1.36 bits per heavy atom. The maximum Gasteiger partial charge on any atom is 0.0701 e. The molecule has 0 aromatic heterocycles. The Morgan fingerprint density at radius 3 is 2.50 bits per heavy atom. The summed E-state index contributed by atoms with van der Waals surface area (Å²) in [6.07, 6.45) is 4.24. The van der Waals surface area contributed by atoms with Crippen molar-refractivity contribution in [1.82, 2.24) is 0 Å². The molecule has 2 fully saturated rings. The number of aliphatic hydroxyl groups excluding tert-OH is 1. The fourth-order valence-corrected chi connectivity index (χ4v) is 3.59. The van der Waals surface area contributed by atoms with E-state index in [2.05, 4.69) is 20.8 Å². The van der Waals surface area contributed by atoms with Gasteiger partial charge in [0.2, 0.25) is 0 Å². The van der Waals surface area contributed by atoms with Crippen LogP contribution in [-0.2, 0) is 4.74 Å². The molecule has 0 aromatic rings. The van der Waals surface area contributed by atoms with Crippen molar-refractivity contribution in [3.8, 4) is 0 Å². The summed E-state index contributed by atoms with van der Waals surface area (Å²) in [7, 11) is 0. The van der Waals surface area contributed by atoms with Gasteiger partial charge in [0.05, 0.1) is 19.3 Å². The van der Waals surface area contributed by atoms with Gasteiger partial charge in [-0.25, -0.2) is 0 Å². The van der Waals surface area contributed by atoms with E-state index in [1.807, 2.05) is 0 Å². The van der Waals surface area contributed by atoms with Gasteiger partial charge in [-0.3, -0.25) is 0 Å². The second kappa shape index (κ2) is 3.21. The number of hydrogen-bond acceptors (Lipinski definition) is 2. The van der Waals surface area contributed by atoms with Crippen LogP contribution < -0.4 is 0 Å². The third-order valence-corrected chi connectivity index (χ3v) is 5.01. The van der Waals surface area contributed by atoms with Gasteiger partial charge in [-0.15, -0.1) is 0 Å². The molecular weight excluding hydrogens is 176 g/mol. The molecule has 2 rings (SSSR count). The van der Waals surface area contributed by atoms with Crippen molar-refractivity contribution >= 4 is 0 Å². The fraction of sp³-hybridized carbons (Fsp3) is 1.00. The molecule has 2 aliphatic rings. The van der Waals surface area contributed by atoms with E-state index in [0.29, 0.717) is 29.5 Å². The second-order valence-corrected chi connectivity index (χ2v) is 5.76. The van der Waals surface area contributed by atoms with E-state index in [1.165, 1.54) is 19.3 Å². The van der Waals surface area contributed by atoms with Crippen molar-refractivity contribution in [3.05, 3.63) is 0 Å². The Labute approximate surface area is 86.6 Å². The Morgan fingerprint density at radius 2 is 2.07 bits per heavy atom. The predicted molar refractivity (Wildman–Crippen MR) is 56.1 cm³/mol. The molecule has 0 spiro atoms. The predicted octanol–water partition coefficient (Wildman–Crippen LogP) is 2.21. The molecule has 14 heavy (non-hydrogen) atoms. The summed E-state index contributed by atoms with van der Waals surface area (Å²) in [5, 5.41) is 8.77. The van der Waals surface area contributed by atoms with Crippen LogP contribution in [0.4, 0.5) is 0 Å². The van der Waals surface area contributed by atoms with E-state index in [4.69, 9.17) is 9.84 Å². The van der Waals surface area contributed by atoms with Gasteiger partial charge in [0.15, 0.2) is 0 Å². The molecule has 2 nitrogen and oxygen atoms in total. The minimum atomic E-state index is 0.153. The zero-order chi connectivity index (χ0) is 10.4. The van der Waals surface area contributed by atoms with Crippen LogP contribution in [0.1, 0.15) is 40.0 Å². The number of aliphatic hydroxyl groups is 1. The molecule has 0 aliphatic heterocycles. The first kappa shape index (κ1) is 10.4. The number of rotatable bonds is 3. The first-order chi connectivity index (χ1) is 6.51. The van der Waals surface area contributed by atoms with Gasteiger partial charge in [-0.1, -0.05) is 20.8 Å². The van der Waals surface area contributed by atoms with Crippen molar-refractivity contribution in [2.75, 3.05) is 13.2 Å². The molecule has 2 saturated carbocycles. The fourth-order valence-electron chi connectivity index (χ4n) is 3.59. The Balaban J connectivity index is 2.07. The van der Waals surface area contributed by atoms with Gasteiger partial charge in [-0.2, -0.15) is 0 Å². The molecule has 0 heterocycles. The molecule has 82 valence electrons. The topological polar surface area (TPSA) is 29.5 Å². The van der Waals surface area contributed by atoms with Gasteiger partial charge in [0.25, 0.3) is 0 Å². The molecule has 1 N–H and O–H groups in total. The van der Waals surface area contributed by atoms with E-state index in [1.54, 1.807) is 0 Å². The molecule has 2 aliphatic carbocycles. The second-order valence-electron chi connectivity index (χ2n) is 5.76. The molecule has 0 aromatic carbocycles. The van der Waals surface area contributed by atoms with E-state index in [9.17, 15) is 0 Å². The van der Waals surface area contributed by atoms with Crippen LogP contribution in [0.3, 0.4) is 0 Å². The molecule has 3 unspecified atom stereocenters. The van der Waals surface area contributed by atoms with Gasteiger partial charge in [0.1, 0.15) is 0 Å². The molecule has 3 atom stereocenters. The average Bonchev–Trinajstić information content (AvgIpc) is 2.45. The lowest BCUT2D eigenvalue weighted by atomic mass is 9.71. The smallest absolute Gasteiger partial charge is 0.0701 e. The number of fused-ring (bicyclic) bond motifs is 2. The molecule has 2 bridgehead atoms. The van der Waals surface area contributed by atoms with E-state index in [0.717, 1.165) is 0 Å². The Kier molecular flexibility index (Phi) is 2.39. The highest BCUT2D eigenvalue weighted by molar-refractivity contribution is 5.10. The van der Waals surface area contributed by atoms with Crippen molar-refractivity contribution < 1.29 is 9.84 Å². The quantitative estimate of drug-likeness (QED) is 0.753. The van der Waals surface area contributed by atoms with Crippen LogP contribution in [0.15, 0.2) is 0 Å². The van der Waals surface area contributed by atoms with Gasteiger partial charge in [0, 0.05) is 0 Å². The lowest BCUT2D eigenvalue weighted by Crippen LogP contribution is -2.27. The molecule has 0 radical (unpaired) electrons. The van der Waals surface area contributed by atoms with Crippen LogP contribution >= 0.6 is 0 Å². The summed E-state index contributed by atoms with van der Waals surface area (Å²) in [5.41, 5.74) is 0.894. The van der Waals surface area contributed by atoms with Crippen LogP contribution in [-0.4, -0.2) is 24.4 Å². The zero-order valence-corrected chi connectivity index (χ0v) is 9.55. The Hall–Kier alpha value is -0.0800. The largest absolute Gasteiger partial charge is 0.394 e. The van der Waals surface area contributed by atoms with Gasteiger partial charge in [-0.05, 0) is 36.0 Å². The molecule has 0 saturated heterocycles. The maximum absolute atomic E-state index is 8.77. The molecular formula is C12H22O2. The number of ether oxygens (including phenoxy) is 1. The van der Waals surface area contributed by atoms with Crippen LogP contribution in [0, 0.1) is 16.7 Å². The standard InChI is InChI=1S/C12H22O2/c1-11(2)9-4-5-12(11,3)8-10(9)14-7-6-13/h9-10,13H,4-8H2,1-3H3. The third kappa shape index (κ3) is 1.24. The molecule has 0 amide bonds. The summed E-state index contributed by atoms with van der Waals surface area (Å²) in [6, 6.07) is 0. The monoisotopic (exact) mass is 198 g/mol. The minimum Gasteiger partial charge on any atom is -0.394 e. The minimum absolute atomic E-state index is 0.153. The highest BCUT2D eigenvalue weighted by atomic mass is 16.5. The first-order valence-electron chi connectivity index (χ1n) is 5.74. The summed E-state index contributed by atoms with van der Waals surface area (Å²) in [4.78, 5) is 0. The van der Waals surface area contributed by atoms with Crippen LogP contribution in [0.25, 0.3) is 0 Å². The number of hydrogen-bond donors (Lipinski definition) is 1. The van der Waals surface area contributed by atoms with E-state index in [-0.39, 0.29) is 6.61 Å². The summed E-state index contributed by atoms with van der Waals surface area (Å²) in [5.74, 6) is 0.707. The maximum atomic E-state index is 8.77. The van der Waals surface area contributed by atoms with E-state index >= 15 is 0 Å². The normalized spacial score (nSPS) is 44.6. The highest BCUT2D eigenvalue weighted by Crippen LogP contribution is 2.66. The lowest BCUT2D eigenvalue weighted by molar-refractivity contribution is -0.0111. The SMILES string of the molecule is CC12CCC(C(OCCO)C1)C2(C)C. The lowest BCUT2D eigenvalue weighted by Gasteiger charge is -2.33. The summed E-state index contributed by atoms with van der Waals surface area (Å²) >= 11 is 0. The third-order valence-electron chi connectivity index (χ3n) is 5.01. The summed E-state index contributed by atoms with van der Waals surface area (Å²) < 4.78 is 5.74. The van der Waals surface area contributed by atoms with Crippen molar-refractivity contribution in [1.29, 1.82) is 0 Å². The van der Waals surface area contributed by atoms with E-state index < -0.39 is 0 Å². The first-order valence-corrected chi connectivity index (χ1v) is 5.74. The van der Waals surface area contributed by atoms with Crippen LogP contribution in [0.5, 0.6) is 0 Å². The van der Waals surface area contributed by atoms with Crippen molar-refractivity contribution in [2.24, 2.45) is 16.7 Å². The van der Waals surface area contributed by atoms with Gasteiger partial charge >= 0.3 is 0 Å². The van der Waals surface area contributed by atoms with Crippen molar-refractivity contribution in [2.45, 2.75) is 46.1 Å². The average molecular weight is 198 g/mol. The Bertz CT molecular complexity index is 222. The summed E-state index contributed by atoms with van der Waals surface area (Å²) in [6.45, 7) is 7.82. The van der Waals surface area contributed by atoms with Crippen LogP contribution in [0.2, 0.25) is 0 Å². The molecule has 2 heteroatoms. The van der Waals surface area contributed by atoms with Gasteiger partial charge < -0.3 is 9.84 Å².